The number of amides is 1. The Balaban J connectivity index is 1.63. The van der Waals surface area contributed by atoms with E-state index in [-0.39, 0.29) is 27.0 Å². The van der Waals surface area contributed by atoms with Crippen molar-refractivity contribution in [1.29, 1.82) is 0 Å². The molecule has 0 spiro atoms. The van der Waals surface area contributed by atoms with Crippen LogP contribution in [0.2, 0.25) is 0 Å². The molecule has 0 radical (unpaired) electrons. The number of ether oxygens (including phenoxy) is 1. The van der Waals surface area contributed by atoms with Crippen molar-refractivity contribution >= 4 is 48.3 Å². The molecular formula is C20H20N4O6S2. The maximum Gasteiger partial charge on any atom is 0.270 e. The van der Waals surface area contributed by atoms with E-state index in [4.69, 9.17) is 4.74 Å². The summed E-state index contributed by atoms with van der Waals surface area (Å²) in [6.07, 6.45) is 2.60. The minimum Gasteiger partial charge on any atom is -0.496 e. The maximum atomic E-state index is 13.0. The molecule has 1 aliphatic heterocycles. The lowest BCUT2D eigenvalue weighted by molar-refractivity contribution is -0.384. The van der Waals surface area contributed by atoms with Crippen molar-refractivity contribution < 1.29 is 22.9 Å². The van der Waals surface area contributed by atoms with Crippen LogP contribution < -0.4 is 10.1 Å². The van der Waals surface area contributed by atoms with Crippen LogP contribution >= 0.6 is 11.3 Å². The van der Waals surface area contributed by atoms with Gasteiger partial charge in [-0.2, -0.15) is 4.31 Å². The highest BCUT2D eigenvalue weighted by Gasteiger charge is 2.28. The Morgan fingerprint density at radius 1 is 1.19 bits per heavy atom. The molecule has 2 aromatic carbocycles. The third kappa shape index (κ3) is 4.29. The third-order valence-electron chi connectivity index (χ3n) is 5.17. The first-order valence-corrected chi connectivity index (χ1v) is 12.1. The number of rotatable bonds is 6. The van der Waals surface area contributed by atoms with Crippen LogP contribution in [-0.4, -0.2) is 48.7 Å². The quantitative estimate of drug-likeness (QED) is 0.424. The number of methoxy groups -OCH3 is 1. The average Bonchev–Trinajstić information content (AvgIpc) is 3.20. The van der Waals surface area contributed by atoms with Gasteiger partial charge in [0.05, 0.1) is 32.7 Å². The van der Waals surface area contributed by atoms with E-state index in [0.29, 0.717) is 23.3 Å². The third-order valence-corrected chi connectivity index (χ3v) is 8.00. The molecule has 2 heterocycles. The van der Waals surface area contributed by atoms with E-state index in [2.05, 4.69) is 10.3 Å². The predicted octanol–water partition coefficient (Wildman–Crippen LogP) is 3.64. The van der Waals surface area contributed by atoms with Crippen LogP contribution in [0.25, 0.3) is 10.2 Å². The number of piperidine rings is 1. The lowest BCUT2D eigenvalue weighted by Crippen LogP contribution is -2.35. The number of nitro benzene ring substituents is 1. The second-order valence-electron chi connectivity index (χ2n) is 7.21. The molecule has 0 atom stereocenters. The molecule has 1 N–H and O–H groups in total. The molecule has 168 valence electrons. The van der Waals surface area contributed by atoms with Gasteiger partial charge < -0.3 is 4.74 Å². The summed E-state index contributed by atoms with van der Waals surface area (Å²) in [5.74, 6) is -0.372. The van der Waals surface area contributed by atoms with Gasteiger partial charge in [-0.1, -0.05) is 17.8 Å². The predicted molar refractivity (Wildman–Crippen MR) is 120 cm³/mol. The highest BCUT2D eigenvalue weighted by Crippen LogP contribution is 2.31. The summed E-state index contributed by atoms with van der Waals surface area (Å²) in [6, 6.07) is 8.41. The molecule has 1 aromatic heterocycles. The van der Waals surface area contributed by atoms with Gasteiger partial charge in [0.1, 0.15) is 5.75 Å². The fourth-order valence-electron chi connectivity index (χ4n) is 3.52. The number of thiazole rings is 1. The van der Waals surface area contributed by atoms with Crippen molar-refractivity contribution in [3.05, 3.63) is 52.1 Å². The average molecular weight is 477 g/mol. The van der Waals surface area contributed by atoms with Crippen molar-refractivity contribution in [1.82, 2.24) is 9.29 Å². The Kier molecular flexibility index (Phi) is 6.09. The van der Waals surface area contributed by atoms with Crippen LogP contribution in [0.5, 0.6) is 5.75 Å². The largest absolute Gasteiger partial charge is 0.496 e. The summed E-state index contributed by atoms with van der Waals surface area (Å²) in [5.41, 5.74) is 0.483. The van der Waals surface area contributed by atoms with Gasteiger partial charge in [-0.15, -0.1) is 0 Å². The standard InChI is InChI=1S/C20H20N4O6S2/c1-30-17-8-6-14(32(28,29)23-9-3-2-4-10-23)12-15(17)19(25)22-20-21-16-7-5-13(24(26)27)11-18(16)31-20/h5-8,11-12H,2-4,9-10H2,1H3,(H,21,22,25). The molecule has 1 saturated heterocycles. The molecule has 1 aliphatic rings. The fourth-order valence-corrected chi connectivity index (χ4v) is 5.96. The number of aromatic nitrogens is 1. The van der Waals surface area contributed by atoms with E-state index in [1.165, 1.54) is 47.8 Å². The Morgan fingerprint density at radius 3 is 2.62 bits per heavy atom. The van der Waals surface area contributed by atoms with Crippen LogP contribution in [0, 0.1) is 10.1 Å². The molecule has 0 bridgehead atoms. The van der Waals surface area contributed by atoms with Gasteiger partial charge in [0.2, 0.25) is 10.0 Å². The number of carbonyl (C=O) groups excluding carboxylic acids is 1. The van der Waals surface area contributed by atoms with E-state index in [9.17, 15) is 23.3 Å². The Hall–Kier alpha value is -3.09. The van der Waals surface area contributed by atoms with Crippen LogP contribution in [0.1, 0.15) is 29.6 Å². The van der Waals surface area contributed by atoms with Gasteiger partial charge in [-0.05, 0) is 37.1 Å². The van der Waals surface area contributed by atoms with Gasteiger partial charge in [-0.25, -0.2) is 13.4 Å². The molecule has 0 saturated carbocycles. The van der Waals surface area contributed by atoms with E-state index < -0.39 is 20.9 Å². The number of nitrogens with zero attached hydrogens (tertiary/aromatic N) is 3. The minimum absolute atomic E-state index is 0.0188. The molecule has 10 nitrogen and oxygen atoms in total. The molecule has 0 unspecified atom stereocenters. The number of nitro groups is 1. The van der Waals surface area contributed by atoms with Gasteiger partial charge in [0.25, 0.3) is 11.6 Å². The first-order valence-electron chi connectivity index (χ1n) is 9.84. The number of benzene rings is 2. The Bertz CT molecular complexity index is 1300. The van der Waals surface area contributed by atoms with Crippen molar-refractivity contribution in [2.75, 3.05) is 25.5 Å². The molecule has 1 fully saturated rings. The molecule has 12 heteroatoms. The molecule has 4 rings (SSSR count). The second kappa shape index (κ2) is 8.81. The number of carbonyl (C=O) groups is 1. The summed E-state index contributed by atoms with van der Waals surface area (Å²) in [6.45, 7) is 0.904. The van der Waals surface area contributed by atoms with E-state index in [1.54, 1.807) is 0 Å². The zero-order valence-corrected chi connectivity index (χ0v) is 18.7. The van der Waals surface area contributed by atoms with Crippen LogP contribution in [0.3, 0.4) is 0 Å². The summed E-state index contributed by atoms with van der Waals surface area (Å²) in [4.78, 5) is 27.7. The van der Waals surface area contributed by atoms with Gasteiger partial charge in [0.15, 0.2) is 5.13 Å². The first-order chi connectivity index (χ1) is 15.3. The van der Waals surface area contributed by atoms with E-state index >= 15 is 0 Å². The number of fused-ring (bicyclic) bond motifs is 1. The zero-order chi connectivity index (χ0) is 22.9. The minimum atomic E-state index is -3.73. The van der Waals surface area contributed by atoms with Gasteiger partial charge in [-0.3, -0.25) is 20.2 Å². The second-order valence-corrected chi connectivity index (χ2v) is 10.2. The number of hydrogen-bond acceptors (Lipinski definition) is 8. The number of nitrogens with one attached hydrogen (secondary N) is 1. The van der Waals surface area contributed by atoms with Crippen LogP contribution in [-0.2, 0) is 10.0 Å². The van der Waals surface area contributed by atoms with Crippen LogP contribution in [0.4, 0.5) is 10.8 Å². The SMILES string of the molecule is COc1ccc(S(=O)(=O)N2CCCCC2)cc1C(=O)Nc1nc2ccc([N+](=O)[O-])cc2s1. The number of sulfonamides is 1. The Labute approximate surface area is 188 Å². The molecule has 32 heavy (non-hydrogen) atoms. The van der Waals surface area contributed by atoms with E-state index in [1.807, 2.05) is 0 Å². The van der Waals surface area contributed by atoms with Crippen molar-refractivity contribution in [3.63, 3.8) is 0 Å². The molecule has 0 aliphatic carbocycles. The topological polar surface area (TPSA) is 132 Å². The van der Waals surface area contributed by atoms with Gasteiger partial charge >= 0.3 is 0 Å². The molecule has 3 aromatic rings. The lowest BCUT2D eigenvalue weighted by Gasteiger charge is -2.26. The summed E-state index contributed by atoms with van der Waals surface area (Å²) in [5, 5.41) is 13.8. The Morgan fingerprint density at radius 2 is 1.94 bits per heavy atom. The van der Waals surface area contributed by atoms with Gasteiger partial charge in [0, 0.05) is 25.2 Å². The highest BCUT2D eigenvalue weighted by atomic mass is 32.2. The monoisotopic (exact) mass is 476 g/mol. The fraction of sp³-hybridized carbons (Fsp3) is 0.300. The lowest BCUT2D eigenvalue weighted by atomic mass is 10.2. The zero-order valence-electron chi connectivity index (χ0n) is 17.1. The van der Waals surface area contributed by atoms with Crippen molar-refractivity contribution in [3.8, 4) is 5.75 Å². The number of anilines is 1. The van der Waals surface area contributed by atoms with Crippen molar-refractivity contribution in [2.45, 2.75) is 24.2 Å². The summed E-state index contributed by atoms with van der Waals surface area (Å²) < 4.78 is 33.3. The summed E-state index contributed by atoms with van der Waals surface area (Å²) >= 11 is 1.08. The number of non-ortho nitro benzene ring substituents is 1. The van der Waals surface area contributed by atoms with E-state index in [0.717, 1.165) is 30.6 Å². The van der Waals surface area contributed by atoms with Crippen LogP contribution in [0.15, 0.2) is 41.3 Å². The smallest absolute Gasteiger partial charge is 0.270 e. The first kappa shape index (κ1) is 22.1. The molecular weight excluding hydrogens is 456 g/mol. The summed E-state index contributed by atoms with van der Waals surface area (Å²) in [7, 11) is -2.34. The maximum absolute atomic E-state index is 13.0. The highest BCUT2D eigenvalue weighted by molar-refractivity contribution is 7.89. The normalized spacial score (nSPS) is 14.9. The number of hydrogen-bond donors (Lipinski definition) is 1. The van der Waals surface area contributed by atoms with Crippen molar-refractivity contribution in [2.24, 2.45) is 0 Å². The molecule has 1 amide bonds.